The first kappa shape index (κ1) is 26.3. The van der Waals surface area contributed by atoms with Crippen molar-refractivity contribution in [3.05, 3.63) is 53.4 Å². The average Bonchev–Trinajstić information content (AvgIpc) is 2.83. The molecular weight excluding hydrogens is 422 g/mol. The van der Waals surface area contributed by atoms with Gasteiger partial charge in [-0.2, -0.15) is 0 Å². The van der Waals surface area contributed by atoms with E-state index in [1.807, 2.05) is 43.3 Å². The van der Waals surface area contributed by atoms with Crippen molar-refractivity contribution in [3.8, 4) is 5.75 Å². The Morgan fingerprint density at radius 1 is 1.22 bits per heavy atom. The fraction of sp³-hybridized carbons (Fsp3) is 0.560. The summed E-state index contributed by atoms with van der Waals surface area (Å²) in [6, 6.07) is 9.47. The minimum absolute atomic E-state index is 0.0746. The predicted molar refractivity (Wildman–Crippen MR) is 133 cm³/mol. The number of aliphatic hydroxyl groups is 1. The molecular formula is C25H39N3O3S. The minimum Gasteiger partial charge on any atom is -0.458 e. The van der Waals surface area contributed by atoms with Crippen LogP contribution in [0, 0.1) is 0 Å². The van der Waals surface area contributed by atoms with Gasteiger partial charge in [0.15, 0.2) is 0 Å². The first-order valence-corrected chi connectivity index (χ1v) is 12.7. The molecule has 2 unspecified atom stereocenters. The van der Waals surface area contributed by atoms with Crippen LogP contribution >= 0.6 is 11.9 Å². The fourth-order valence-electron chi connectivity index (χ4n) is 3.61. The fourth-order valence-corrected chi connectivity index (χ4v) is 4.18. The van der Waals surface area contributed by atoms with Crippen LogP contribution in [0.2, 0.25) is 0 Å². The van der Waals surface area contributed by atoms with Crippen LogP contribution in [-0.4, -0.2) is 46.9 Å². The lowest BCUT2D eigenvalue weighted by molar-refractivity contribution is -0.118. The second-order valence-corrected chi connectivity index (χ2v) is 8.96. The number of nitrogens with one attached hydrogen (secondary N) is 1. The van der Waals surface area contributed by atoms with Crippen molar-refractivity contribution in [3.63, 3.8) is 0 Å². The van der Waals surface area contributed by atoms with Crippen LogP contribution in [-0.2, 0) is 4.79 Å². The lowest BCUT2D eigenvalue weighted by Crippen LogP contribution is -2.40. The first-order valence-electron chi connectivity index (χ1n) is 11.8. The van der Waals surface area contributed by atoms with Gasteiger partial charge < -0.3 is 20.1 Å². The van der Waals surface area contributed by atoms with Crippen LogP contribution < -0.4 is 15.2 Å². The van der Waals surface area contributed by atoms with Crippen molar-refractivity contribution >= 4 is 17.9 Å². The number of hydrogen-bond acceptors (Lipinski definition) is 6. The van der Waals surface area contributed by atoms with E-state index in [9.17, 15) is 9.90 Å². The van der Waals surface area contributed by atoms with Crippen molar-refractivity contribution in [1.82, 2.24) is 10.2 Å². The number of unbranched alkanes of at least 4 members (excludes halogenated alkanes) is 2. The Hall–Kier alpha value is -1.96. The number of amides is 1. The molecule has 7 heteroatoms. The van der Waals surface area contributed by atoms with Gasteiger partial charge in [-0.25, -0.2) is 0 Å². The Bertz CT molecular complexity index is 755. The smallest absolute Gasteiger partial charge is 0.247 e. The molecule has 0 bridgehead atoms. The maximum Gasteiger partial charge on any atom is 0.247 e. The van der Waals surface area contributed by atoms with Gasteiger partial charge in [-0.3, -0.25) is 9.93 Å². The van der Waals surface area contributed by atoms with Gasteiger partial charge in [0.05, 0.1) is 23.6 Å². The van der Waals surface area contributed by atoms with Crippen molar-refractivity contribution < 1.29 is 14.6 Å². The zero-order valence-electron chi connectivity index (χ0n) is 19.7. The van der Waals surface area contributed by atoms with Crippen molar-refractivity contribution in [2.24, 2.45) is 5.14 Å². The summed E-state index contributed by atoms with van der Waals surface area (Å²) < 4.78 is 6.38. The van der Waals surface area contributed by atoms with E-state index in [1.54, 1.807) is 0 Å². The topological polar surface area (TPSA) is 87.8 Å². The summed E-state index contributed by atoms with van der Waals surface area (Å²) in [5.41, 5.74) is 1.61. The Balaban J connectivity index is 2.48. The molecule has 6 nitrogen and oxygen atoms in total. The molecule has 0 fully saturated rings. The Morgan fingerprint density at radius 2 is 1.88 bits per heavy atom. The largest absolute Gasteiger partial charge is 0.458 e. The molecule has 178 valence electrons. The normalized spacial score (nSPS) is 17.0. The highest BCUT2D eigenvalue weighted by Gasteiger charge is 2.31. The van der Waals surface area contributed by atoms with Crippen LogP contribution in [0.25, 0.3) is 0 Å². The summed E-state index contributed by atoms with van der Waals surface area (Å²) in [4.78, 5) is 15.4. The van der Waals surface area contributed by atoms with Gasteiger partial charge in [-0.15, -0.1) is 0 Å². The van der Waals surface area contributed by atoms with Crippen LogP contribution in [0.15, 0.2) is 53.4 Å². The summed E-state index contributed by atoms with van der Waals surface area (Å²) in [5.74, 6) is 1.42. The Morgan fingerprint density at radius 3 is 2.41 bits per heavy atom. The third-order valence-corrected chi connectivity index (χ3v) is 6.35. The number of para-hydroxylation sites is 1. The molecule has 0 saturated heterocycles. The number of nitrogens with zero attached hydrogens (tertiary/aromatic N) is 1. The van der Waals surface area contributed by atoms with E-state index in [0.29, 0.717) is 18.4 Å². The third kappa shape index (κ3) is 7.57. The number of nitrogens with two attached hydrogens (primary N) is 1. The van der Waals surface area contributed by atoms with Crippen LogP contribution in [0.3, 0.4) is 0 Å². The zero-order valence-corrected chi connectivity index (χ0v) is 20.5. The second kappa shape index (κ2) is 14.2. The quantitative estimate of drug-likeness (QED) is 0.357. The Labute approximate surface area is 197 Å². The maximum absolute atomic E-state index is 13.0. The molecule has 0 aromatic heterocycles. The number of carbonyl (C=O) groups is 1. The number of rotatable bonds is 14. The number of carbonyl (C=O) groups excluding carboxylic acids is 1. The van der Waals surface area contributed by atoms with E-state index in [4.69, 9.17) is 9.88 Å². The molecule has 1 aliphatic carbocycles. The molecule has 0 radical (unpaired) electrons. The maximum atomic E-state index is 13.0. The SMILES string of the molecule is CCCCN(CCCC)C1=C(Oc2ccccc2)C(SN)CC(C(=O)NC(CC)CO)=C1. The number of hydrogen-bond donors (Lipinski definition) is 3. The van der Waals surface area contributed by atoms with Crippen LogP contribution in [0.5, 0.6) is 5.75 Å². The molecule has 2 atom stereocenters. The number of allylic oxidation sites excluding steroid dienone is 1. The Kier molecular flexibility index (Phi) is 11.7. The molecule has 0 spiro atoms. The number of benzene rings is 1. The second-order valence-electron chi connectivity index (χ2n) is 8.12. The number of aliphatic hydroxyl groups excluding tert-OH is 1. The highest BCUT2D eigenvalue weighted by atomic mass is 32.2. The monoisotopic (exact) mass is 461 g/mol. The molecule has 2 rings (SSSR count). The van der Waals surface area contributed by atoms with E-state index in [2.05, 4.69) is 24.1 Å². The van der Waals surface area contributed by atoms with Gasteiger partial charge in [-0.05, 0) is 43.9 Å². The molecule has 1 amide bonds. The van der Waals surface area contributed by atoms with Crippen molar-refractivity contribution in [2.45, 2.75) is 70.6 Å². The lowest BCUT2D eigenvalue weighted by Gasteiger charge is -2.34. The summed E-state index contributed by atoms with van der Waals surface area (Å²) in [5, 5.41) is 18.4. The molecule has 1 aromatic carbocycles. The molecule has 0 saturated carbocycles. The summed E-state index contributed by atoms with van der Waals surface area (Å²) in [7, 11) is 0. The first-order chi connectivity index (χ1) is 15.6. The van der Waals surface area contributed by atoms with E-state index in [0.717, 1.165) is 56.0 Å². The standard InChI is InChI=1S/C25H39N3O3S/c1-4-7-14-28(15-8-5-2)22-16-19(25(30)27-20(6-3)18-29)17-23(32-26)24(22)31-21-12-10-9-11-13-21/h9-13,16,20,23,29H,4-8,14-15,17-18,26H2,1-3H3,(H,27,30). The minimum atomic E-state index is -0.252. The van der Waals surface area contributed by atoms with E-state index >= 15 is 0 Å². The van der Waals surface area contributed by atoms with E-state index in [-0.39, 0.29) is 23.8 Å². The van der Waals surface area contributed by atoms with Gasteiger partial charge in [-0.1, -0.05) is 63.8 Å². The van der Waals surface area contributed by atoms with E-state index < -0.39 is 0 Å². The highest BCUT2D eigenvalue weighted by Crippen LogP contribution is 2.34. The highest BCUT2D eigenvalue weighted by molar-refractivity contribution is 7.97. The van der Waals surface area contributed by atoms with Gasteiger partial charge in [0.2, 0.25) is 5.91 Å². The van der Waals surface area contributed by atoms with Crippen LogP contribution in [0.1, 0.15) is 59.3 Å². The molecule has 0 aliphatic heterocycles. The number of ether oxygens (including phenoxy) is 1. The van der Waals surface area contributed by atoms with Gasteiger partial charge in [0.25, 0.3) is 0 Å². The summed E-state index contributed by atoms with van der Waals surface area (Å²) in [6.45, 7) is 8.03. The van der Waals surface area contributed by atoms with Gasteiger partial charge >= 0.3 is 0 Å². The summed E-state index contributed by atoms with van der Waals surface area (Å²) >= 11 is 1.21. The molecule has 1 aromatic rings. The van der Waals surface area contributed by atoms with Crippen molar-refractivity contribution in [1.29, 1.82) is 0 Å². The van der Waals surface area contributed by atoms with Crippen molar-refractivity contribution in [2.75, 3.05) is 19.7 Å². The zero-order chi connectivity index (χ0) is 23.3. The molecule has 1 aliphatic rings. The third-order valence-electron chi connectivity index (χ3n) is 5.64. The lowest BCUT2D eigenvalue weighted by atomic mass is 9.98. The summed E-state index contributed by atoms with van der Waals surface area (Å²) in [6.07, 6.45) is 7.42. The van der Waals surface area contributed by atoms with E-state index in [1.165, 1.54) is 11.9 Å². The van der Waals surface area contributed by atoms with Gasteiger partial charge in [0.1, 0.15) is 11.5 Å². The van der Waals surface area contributed by atoms with Gasteiger partial charge in [0, 0.05) is 18.7 Å². The molecule has 32 heavy (non-hydrogen) atoms. The molecule has 0 heterocycles. The molecule has 4 N–H and O–H groups in total. The average molecular weight is 462 g/mol. The van der Waals surface area contributed by atoms with Crippen LogP contribution in [0.4, 0.5) is 0 Å². The predicted octanol–water partition coefficient (Wildman–Crippen LogP) is 4.37.